The first-order chi connectivity index (χ1) is 15.9. The molecule has 0 aliphatic carbocycles. The van der Waals surface area contributed by atoms with Crippen molar-refractivity contribution in [3.8, 4) is 22.8 Å². The fraction of sp³-hybridized carbons (Fsp3) is 0.240. The molecule has 0 radical (unpaired) electrons. The van der Waals surface area contributed by atoms with Crippen LogP contribution < -0.4 is 20.3 Å². The van der Waals surface area contributed by atoms with E-state index in [-0.39, 0.29) is 17.9 Å². The SMILES string of the molecule is COc1ccc(-c2cc3n(C)c(C)c(CCC(=O)Nc4ccccc4OC)c(=O)n3n2)cc1. The van der Waals surface area contributed by atoms with Crippen LogP contribution in [0.25, 0.3) is 16.9 Å². The summed E-state index contributed by atoms with van der Waals surface area (Å²) < 4.78 is 13.8. The molecule has 8 nitrogen and oxygen atoms in total. The lowest BCUT2D eigenvalue weighted by Crippen LogP contribution is -2.26. The van der Waals surface area contributed by atoms with E-state index >= 15 is 0 Å². The molecule has 8 heteroatoms. The van der Waals surface area contributed by atoms with Crippen molar-refractivity contribution >= 4 is 17.2 Å². The molecule has 2 aromatic heterocycles. The van der Waals surface area contributed by atoms with Gasteiger partial charge in [0.15, 0.2) is 0 Å². The highest BCUT2D eigenvalue weighted by molar-refractivity contribution is 5.92. The van der Waals surface area contributed by atoms with Crippen molar-refractivity contribution in [3.05, 3.63) is 76.2 Å². The molecule has 1 N–H and O–H groups in total. The topological polar surface area (TPSA) is 86.9 Å². The fourth-order valence-electron chi connectivity index (χ4n) is 3.81. The summed E-state index contributed by atoms with van der Waals surface area (Å²) in [6, 6.07) is 16.6. The van der Waals surface area contributed by atoms with E-state index < -0.39 is 0 Å². The van der Waals surface area contributed by atoms with E-state index in [0.29, 0.717) is 34.8 Å². The van der Waals surface area contributed by atoms with Crippen LogP contribution in [0.15, 0.2) is 59.4 Å². The molecule has 1 amide bonds. The fourth-order valence-corrected chi connectivity index (χ4v) is 3.81. The van der Waals surface area contributed by atoms with Crippen LogP contribution >= 0.6 is 0 Å². The maximum Gasteiger partial charge on any atom is 0.277 e. The number of nitrogens with zero attached hydrogens (tertiary/aromatic N) is 3. The Morgan fingerprint density at radius 2 is 1.79 bits per heavy atom. The third-order valence-electron chi connectivity index (χ3n) is 5.79. The number of fused-ring (bicyclic) bond motifs is 1. The standard InChI is InChI=1S/C25H26N4O4/c1-16-19(13-14-23(30)26-20-7-5-6-8-22(20)33-4)25(31)29-24(28(16)2)15-21(27-29)17-9-11-18(32-3)12-10-17/h5-12,15H,13-14H2,1-4H3,(H,26,30). The zero-order valence-corrected chi connectivity index (χ0v) is 19.1. The molecular weight excluding hydrogens is 420 g/mol. The summed E-state index contributed by atoms with van der Waals surface area (Å²) in [5, 5.41) is 7.40. The minimum atomic E-state index is -0.217. The van der Waals surface area contributed by atoms with Gasteiger partial charge in [-0.25, -0.2) is 0 Å². The summed E-state index contributed by atoms with van der Waals surface area (Å²) in [4.78, 5) is 25.8. The molecule has 0 saturated carbocycles. The molecule has 4 rings (SSSR count). The first kappa shape index (κ1) is 22.1. The number of aryl methyl sites for hydroxylation is 1. The predicted octanol–water partition coefficient (Wildman–Crippen LogP) is 3.60. The number of aromatic nitrogens is 3. The van der Waals surface area contributed by atoms with Crippen LogP contribution in [-0.2, 0) is 18.3 Å². The second-order valence-electron chi connectivity index (χ2n) is 7.70. The Bertz CT molecular complexity index is 1370. The van der Waals surface area contributed by atoms with Crippen LogP contribution in [-0.4, -0.2) is 34.3 Å². The highest BCUT2D eigenvalue weighted by atomic mass is 16.5. The zero-order valence-electron chi connectivity index (χ0n) is 19.1. The van der Waals surface area contributed by atoms with Crippen molar-refractivity contribution in [2.24, 2.45) is 7.05 Å². The Labute approximate surface area is 191 Å². The number of hydrogen-bond acceptors (Lipinski definition) is 5. The summed E-state index contributed by atoms with van der Waals surface area (Å²) in [7, 11) is 5.06. The van der Waals surface area contributed by atoms with Crippen molar-refractivity contribution < 1.29 is 14.3 Å². The minimum Gasteiger partial charge on any atom is -0.497 e. The molecular formula is C25H26N4O4. The molecule has 0 fully saturated rings. The zero-order chi connectivity index (χ0) is 23.5. The number of para-hydroxylation sites is 2. The maximum atomic E-state index is 13.2. The van der Waals surface area contributed by atoms with Crippen LogP contribution in [0.5, 0.6) is 11.5 Å². The Hall–Kier alpha value is -4.07. The molecule has 0 aliphatic rings. The van der Waals surface area contributed by atoms with Crippen molar-refractivity contribution in [2.75, 3.05) is 19.5 Å². The van der Waals surface area contributed by atoms with Crippen LogP contribution in [0.3, 0.4) is 0 Å². The highest BCUT2D eigenvalue weighted by Gasteiger charge is 2.17. The van der Waals surface area contributed by atoms with E-state index in [2.05, 4.69) is 10.4 Å². The molecule has 0 unspecified atom stereocenters. The lowest BCUT2D eigenvalue weighted by atomic mass is 10.1. The van der Waals surface area contributed by atoms with Gasteiger partial charge in [-0.2, -0.15) is 9.61 Å². The average molecular weight is 447 g/mol. The van der Waals surface area contributed by atoms with Gasteiger partial charge in [0.2, 0.25) is 5.91 Å². The number of rotatable bonds is 7. The van der Waals surface area contributed by atoms with E-state index in [1.165, 1.54) is 4.52 Å². The Kier molecular flexibility index (Phi) is 6.17. The molecule has 4 aromatic rings. The van der Waals surface area contributed by atoms with Crippen LogP contribution in [0.1, 0.15) is 17.7 Å². The third kappa shape index (κ3) is 4.32. The van der Waals surface area contributed by atoms with Gasteiger partial charge in [-0.15, -0.1) is 0 Å². The van der Waals surface area contributed by atoms with Gasteiger partial charge in [-0.1, -0.05) is 12.1 Å². The van der Waals surface area contributed by atoms with E-state index in [0.717, 1.165) is 17.0 Å². The smallest absolute Gasteiger partial charge is 0.277 e. The Morgan fingerprint density at radius 1 is 1.06 bits per heavy atom. The van der Waals surface area contributed by atoms with Crippen molar-refractivity contribution in [3.63, 3.8) is 0 Å². The van der Waals surface area contributed by atoms with Gasteiger partial charge >= 0.3 is 0 Å². The molecule has 0 saturated heterocycles. The summed E-state index contributed by atoms with van der Waals surface area (Å²) in [6.45, 7) is 1.88. The maximum absolute atomic E-state index is 13.2. The predicted molar refractivity (Wildman–Crippen MR) is 127 cm³/mol. The van der Waals surface area contributed by atoms with E-state index in [1.807, 2.05) is 61.0 Å². The number of hydrogen-bond donors (Lipinski definition) is 1. The van der Waals surface area contributed by atoms with Crippen molar-refractivity contribution in [2.45, 2.75) is 19.8 Å². The van der Waals surface area contributed by atoms with Gasteiger partial charge in [0.25, 0.3) is 5.56 Å². The molecule has 0 atom stereocenters. The molecule has 2 aromatic carbocycles. The quantitative estimate of drug-likeness (QED) is 0.469. The van der Waals surface area contributed by atoms with Crippen LogP contribution in [0.4, 0.5) is 5.69 Å². The van der Waals surface area contributed by atoms with Crippen molar-refractivity contribution in [1.29, 1.82) is 0 Å². The second kappa shape index (κ2) is 9.20. The number of benzene rings is 2. The number of anilines is 1. The molecule has 0 spiro atoms. The number of amides is 1. The molecule has 170 valence electrons. The number of ether oxygens (including phenoxy) is 2. The molecule has 2 heterocycles. The average Bonchev–Trinajstić information content (AvgIpc) is 3.29. The van der Waals surface area contributed by atoms with Crippen LogP contribution in [0, 0.1) is 6.92 Å². The number of methoxy groups -OCH3 is 2. The summed E-state index contributed by atoms with van der Waals surface area (Å²) in [5.74, 6) is 1.14. The van der Waals surface area contributed by atoms with E-state index in [9.17, 15) is 9.59 Å². The lowest BCUT2D eigenvalue weighted by Gasteiger charge is -2.13. The highest BCUT2D eigenvalue weighted by Crippen LogP contribution is 2.24. The van der Waals surface area contributed by atoms with Gasteiger partial charge in [0, 0.05) is 36.4 Å². The second-order valence-corrected chi connectivity index (χ2v) is 7.70. The largest absolute Gasteiger partial charge is 0.497 e. The van der Waals surface area contributed by atoms with Gasteiger partial charge < -0.3 is 19.4 Å². The van der Waals surface area contributed by atoms with Crippen LogP contribution in [0.2, 0.25) is 0 Å². The molecule has 0 bridgehead atoms. The summed E-state index contributed by atoms with van der Waals surface area (Å²) >= 11 is 0. The van der Waals surface area contributed by atoms with Gasteiger partial charge in [-0.3, -0.25) is 9.59 Å². The van der Waals surface area contributed by atoms with Gasteiger partial charge in [0.1, 0.15) is 17.1 Å². The minimum absolute atomic E-state index is 0.159. The normalized spacial score (nSPS) is 10.9. The van der Waals surface area contributed by atoms with E-state index in [4.69, 9.17) is 9.47 Å². The Balaban J connectivity index is 1.60. The monoisotopic (exact) mass is 446 g/mol. The number of carbonyl (C=O) groups excluding carboxylic acids is 1. The van der Waals surface area contributed by atoms with Gasteiger partial charge in [-0.05, 0) is 49.7 Å². The summed E-state index contributed by atoms with van der Waals surface area (Å²) in [6.07, 6.45) is 0.458. The number of carbonyl (C=O) groups is 1. The Morgan fingerprint density at radius 3 is 2.48 bits per heavy atom. The van der Waals surface area contributed by atoms with Gasteiger partial charge in [0.05, 0.1) is 25.6 Å². The summed E-state index contributed by atoms with van der Waals surface area (Å²) in [5.41, 5.74) is 4.01. The first-order valence-electron chi connectivity index (χ1n) is 10.6. The number of nitrogens with one attached hydrogen (secondary N) is 1. The lowest BCUT2D eigenvalue weighted by molar-refractivity contribution is -0.116. The molecule has 0 aliphatic heterocycles. The third-order valence-corrected chi connectivity index (χ3v) is 5.79. The first-order valence-corrected chi connectivity index (χ1v) is 10.6. The van der Waals surface area contributed by atoms with E-state index in [1.54, 1.807) is 26.4 Å². The molecule has 33 heavy (non-hydrogen) atoms. The van der Waals surface area contributed by atoms with Crippen molar-refractivity contribution in [1.82, 2.24) is 14.2 Å².